The van der Waals surface area contributed by atoms with E-state index in [9.17, 15) is 4.79 Å². The highest BCUT2D eigenvalue weighted by atomic mass is 35.5. The Labute approximate surface area is 142 Å². The first-order chi connectivity index (χ1) is 10.1. The molecule has 0 aromatic rings. The van der Waals surface area contributed by atoms with E-state index in [0.717, 1.165) is 39.1 Å². The Bertz CT molecular complexity index is 324. The van der Waals surface area contributed by atoms with Gasteiger partial charge in [0, 0.05) is 19.1 Å². The van der Waals surface area contributed by atoms with Gasteiger partial charge in [0.05, 0.1) is 6.54 Å². The van der Waals surface area contributed by atoms with E-state index in [1.165, 1.54) is 19.3 Å². The zero-order valence-corrected chi connectivity index (χ0v) is 15.3. The number of hydrogen-bond donors (Lipinski definition) is 1. The third-order valence-electron chi connectivity index (χ3n) is 4.90. The average Bonchev–Trinajstić information content (AvgIpc) is 2.46. The molecule has 0 bridgehead atoms. The van der Waals surface area contributed by atoms with Gasteiger partial charge in [0.25, 0.3) is 0 Å². The van der Waals surface area contributed by atoms with Crippen LogP contribution in [-0.2, 0) is 4.79 Å². The molecule has 0 saturated carbocycles. The summed E-state index contributed by atoms with van der Waals surface area (Å²) in [5.74, 6) is 1.65. The van der Waals surface area contributed by atoms with Crippen LogP contribution in [0, 0.1) is 11.8 Å². The molecule has 22 heavy (non-hydrogen) atoms. The standard InChI is InChI=1S/C17H33N3O.ClH/c1-4-9-19(16-5-7-18-8-6-16)13-17(21)20-11-14(2)10-15(3)12-20;/h14-16,18H,4-13H2,1-3H3;1H. The van der Waals surface area contributed by atoms with Gasteiger partial charge < -0.3 is 10.2 Å². The Morgan fingerprint density at radius 1 is 1.18 bits per heavy atom. The predicted molar refractivity (Wildman–Crippen MR) is 94.5 cm³/mol. The van der Waals surface area contributed by atoms with E-state index in [4.69, 9.17) is 0 Å². The summed E-state index contributed by atoms with van der Waals surface area (Å²) < 4.78 is 0. The van der Waals surface area contributed by atoms with Crippen LogP contribution in [0.4, 0.5) is 0 Å². The van der Waals surface area contributed by atoms with Gasteiger partial charge in [0.15, 0.2) is 0 Å². The Kier molecular flexibility index (Phi) is 8.73. The Balaban J connectivity index is 0.00000242. The van der Waals surface area contributed by atoms with E-state index in [1.807, 2.05) is 0 Å². The van der Waals surface area contributed by atoms with Crippen molar-refractivity contribution in [2.24, 2.45) is 11.8 Å². The Morgan fingerprint density at radius 2 is 1.77 bits per heavy atom. The van der Waals surface area contributed by atoms with Gasteiger partial charge in [-0.2, -0.15) is 0 Å². The highest BCUT2D eigenvalue weighted by Gasteiger charge is 2.28. The molecule has 1 amide bonds. The maximum absolute atomic E-state index is 12.7. The van der Waals surface area contributed by atoms with Crippen molar-refractivity contribution in [3.05, 3.63) is 0 Å². The minimum absolute atomic E-state index is 0. The van der Waals surface area contributed by atoms with E-state index < -0.39 is 0 Å². The number of carbonyl (C=O) groups is 1. The molecule has 130 valence electrons. The third kappa shape index (κ3) is 5.71. The minimum Gasteiger partial charge on any atom is -0.341 e. The lowest BCUT2D eigenvalue weighted by atomic mass is 9.92. The fourth-order valence-electron chi connectivity index (χ4n) is 3.99. The molecule has 4 nitrogen and oxygen atoms in total. The molecule has 2 unspecified atom stereocenters. The largest absolute Gasteiger partial charge is 0.341 e. The van der Waals surface area contributed by atoms with Gasteiger partial charge in [-0.15, -0.1) is 12.4 Å². The second-order valence-electron chi connectivity index (χ2n) is 7.20. The van der Waals surface area contributed by atoms with Crippen LogP contribution in [0.15, 0.2) is 0 Å². The van der Waals surface area contributed by atoms with E-state index in [-0.39, 0.29) is 12.4 Å². The SMILES string of the molecule is CCCN(CC(=O)N1CC(C)CC(C)C1)C1CCNCC1.Cl. The number of rotatable bonds is 5. The van der Waals surface area contributed by atoms with Crippen molar-refractivity contribution in [2.75, 3.05) is 39.3 Å². The second kappa shape index (κ2) is 9.74. The molecular formula is C17H34ClN3O. The molecule has 0 aromatic carbocycles. The summed E-state index contributed by atoms with van der Waals surface area (Å²) in [6.07, 6.45) is 4.75. The first kappa shape index (κ1) is 19.7. The van der Waals surface area contributed by atoms with Crippen LogP contribution < -0.4 is 5.32 Å². The summed E-state index contributed by atoms with van der Waals surface area (Å²) in [6.45, 7) is 12.5. The van der Waals surface area contributed by atoms with Crippen molar-refractivity contribution in [2.45, 2.75) is 52.5 Å². The molecule has 2 aliphatic rings. The van der Waals surface area contributed by atoms with Crippen LogP contribution in [0.25, 0.3) is 0 Å². The zero-order valence-electron chi connectivity index (χ0n) is 14.5. The van der Waals surface area contributed by atoms with E-state index >= 15 is 0 Å². The normalized spacial score (nSPS) is 26.8. The first-order valence-electron chi connectivity index (χ1n) is 8.82. The fraction of sp³-hybridized carbons (Fsp3) is 0.941. The summed E-state index contributed by atoms with van der Waals surface area (Å²) in [5.41, 5.74) is 0. The molecule has 1 N–H and O–H groups in total. The molecule has 0 spiro atoms. The van der Waals surface area contributed by atoms with Gasteiger partial charge in [0.1, 0.15) is 0 Å². The quantitative estimate of drug-likeness (QED) is 0.840. The Morgan fingerprint density at radius 3 is 2.32 bits per heavy atom. The van der Waals surface area contributed by atoms with Crippen molar-refractivity contribution in [3.8, 4) is 0 Å². The molecule has 5 heteroatoms. The van der Waals surface area contributed by atoms with Crippen LogP contribution in [-0.4, -0.2) is 61.0 Å². The van der Waals surface area contributed by atoms with Gasteiger partial charge in [-0.25, -0.2) is 0 Å². The number of piperidine rings is 2. The van der Waals surface area contributed by atoms with Crippen LogP contribution in [0.1, 0.15) is 46.5 Å². The lowest BCUT2D eigenvalue weighted by molar-refractivity contribution is -0.135. The summed E-state index contributed by atoms with van der Waals surface area (Å²) in [4.78, 5) is 17.2. The molecule has 0 aliphatic carbocycles. The number of amides is 1. The first-order valence-corrected chi connectivity index (χ1v) is 8.82. The molecular weight excluding hydrogens is 298 g/mol. The van der Waals surface area contributed by atoms with Crippen molar-refractivity contribution < 1.29 is 4.79 Å². The van der Waals surface area contributed by atoms with Crippen molar-refractivity contribution in [1.29, 1.82) is 0 Å². The predicted octanol–water partition coefficient (Wildman–Crippen LogP) is 2.38. The molecule has 0 aromatic heterocycles. The van der Waals surface area contributed by atoms with E-state index in [1.54, 1.807) is 0 Å². The van der Waals surface area contributed by atoms with Crippen molar-refractivity contribution >= 4 is 18.3 Å². The molecule has 2 fully saturated rings. The van der Waals surface area contributed by atoms with Crippen LogP contribution >= 0.6 is 12.4 Å². The summed E-state index contributed by atoms with van der Waals surface area (Å²) in [6, 6.07) is 0.592. The molecule has 2 atom stereocenters. The van der Waals surface area contributed by atoms with E-state index in [2.05, 4.69) is 35.9 Å². The van der Waals surface area contributed by atoms with Crippen LogP contribution in [0.5, 0.6) is 0 Å². The number of carbonyl (C=O) groups excluding carboxylic acids is 1. The highest BCUT2D eigenvalue weighted by Crippen LogP contribution is 2.21. The summed E-state index contributed by atoms with van der Waals surface area (Å²) in [7, 11) is 0. The van der Waals surface area contributed by atoms with Gasteiger partial charge in [0.2, 0.25) is 5.91 Å². The lowest BCUT2D eigenvalue weighted by Crippen LogP contribution is -2.51. The monoisotopic (exact) mass is 331 g/mol. The van der Waals surface area contributed by atoms with Gasteiger partial charge in [-0.1, -0.05) is 20.8 Å². The molecule has 2 aliphatic heterocycles. The fourth-order valence-corrected chi connectivity index (χ4v) is 3.99. The van der Waals surface area contributed by atoms with Crippen LogP contribution in [0.2, 0.25) is 0 Å². The number of hydrogen-bond acceptors (Lipinski definition) is 3. The number of nitrogens with zero attached hydrogens (tertiary/aromatic N) is 2. The Hall–Kier alpha value is -0.320. The maximum Gasteiger partial charge on any atom is 0.236 e. The molecule has 0 radical (unpaired) electrons. The van der Waals surface area contributed by atoms with Gasteiger partial charge >= 0.3 is 0 Å². The topological polar surface area (TPSA) is 35.6 Å². The van der Waals surface area contributed by atoms with Gasteiger partial charge in [-0.3, -0.25) is 9.69 Å². The number of nitrogens with one attached hydrogen (secondary N) is 1. The smallest absolute Gasteiger partial charge is 0.236 e. The minimum atomic E-state index is 0. The number of likely N-dealkylation sites (tertiary alicyclic amines) is 1. The third-order valence-corrected chi connectivity index (χ3v) is 4.90. The van der Waals surface area contributed by atoms with Crippen molar-refractivity contribution in [1.82, 2.24) is 15.1 Å². The maximum atomic E-state index is 12.7. The summed E-state index contributed by atoms with van der Waals surface area (Å²) in [5, 5.41) is 3.42. The van der Waals surface area contributed by atoms with Crippen molar-refractivity contribution in [3.63, 3.8) is 0 Å². The molecule has 2 saturated heterocycles. The summed E-state index contributed by atoms with van der Waals surface area (Å²) >= 11 is 0. The van der Waals surface area contributed by atoms with Gasteiger partial charge in [-0.05, 0) is 57.2 Å². The lowest BCUT2D eigenvalue weighted by Gasteiger charge is -2.38. The molecule has 2 rings (SSSR count). The average molecular weight is 332 g/mol. The zero-order chi connectivity index (χ0) is 15.2. The van der Waals surface area contributed by atoms with Crippen LogP contribution in [0.3, 0.4) is 0 Å². The second-order valence-corrected chi connectivity index (χ2v) is 7.20. The molecule has 2 heterocycles. The highest BCUT2D eigenvalue weighted by molar-refractivity contribution is 5.85. The number of halogens is 1. The van der Waals surface area contributed by atoms with E-state index in [0.29, 0.717) is 30.3 Å².